The van der Waals surface area contributed by atoms with Crippen LogP contribution in [-0.2, 0) is 15.1 Å². The quantitative estimate of drug-likeness (QED) is 0.273. The Morgan fingerprint density at radius 1 is 1.13 bits per heavy atom. The summed E-state index contributed by atoms with van der Waals surface area (Å²) < 4.78 is 10.2. The fourth-order valence-corrected chi connectivity index (χ4v) is 6.52. The molecule has 2 N–H and O–H groups in total. The molecule has 1 aromatic rings. The summed E-state index contributed by atoms with van der Waals surface area (Å²) >= 11 is 0. The molecular formula is C31H51N3O5. The van der Waals surface area contributed by atoms with Gasteiger partial charge in [0.2, 0.25) is 0 Å². The van der Waals surface area contributed by atoms with Crippen LogP contribution in [0.15, 0.2) is 24.3 Å². The summed E-state index contributed by atoms with van der Waals surface area (Å²) in [7, 11) is 7.16. The largest absolute Gasteiger partial charge is 0.465 e. The van der Waals surface area contributed by atoms with E-state index in [0.29, 0.717) is 43.2 Å². The summed E-state index contributed by atoms with van der Waals surface area (Å²) in [6, 6.07) is 7.22. The second-order valence-electron chi connectivity index (χ2n) is 11.9. The molecule has 8 nitrogen and oxygen atoms in total. The summed E-state index contributed by atoms with van der Waals surface area (Å²) in [6.07, 6.45) is 11.2. The Hall–Kier alpha value is -2.16. The number of rotatable bonds is 13. The lowest BCUT2D eigenvalue weighted by molar-refractivity contribution is -0.0564. The third kappa shape index (κ3) is 9.19. The van der Waals surface area contributed by atoms with Crippen LogP contribution in [0.1, 0.15) is 86.6 Å². The van der Waals surface area contributed by atoms with Crippen LogP contribution in [0.2, 0.25) is 0 Å². The van der Waals surface area contributed by atoms with Crippen molar-refractivity contribution in [3.05, 3.63) is 35.4 Å². The molecule has 3 atom stereocenters. The number of unbranched alkanes of at least 4 members (excludes halogenated alkanes) is 1. The van der Waals surface area contributed by atoms with Gasteiger partial charge in [0.05, 0.1) is 18.3 Å². The maximum atomic E-state index is 13.6. The van der Waals surface area contributed by atoms with Gasteiger partial charge in [-0.05, 0) is 76.2 Å². The molecule has 1 heterocycles. The van der Waals surface area contributed by atoms with Gasteiger partial charge in [0, 0.05) is 45.3 Å². The Labute approximate surface area is 235 Å². The van der Waals surface area contributed by atoms with Crippen LogP contribution in [0.5, 0.6) is 0 Å². The van der Waals surface area contributed by atoms with E-state index in [1.807, 2.05) is 11.0 Å². The molecule has 2 fully saturated rings. The second-order valence-corrected chi connectivity index (χ2v) is 11.9. The number of esters is 1. The molecule has 8 heteroatoms. The van der Waals surface area contributed by atoms with Crippen LogP contribution >= 0.6 is 0 Å². The first-order chi connectivity index (χ1) is 18.8. The maximum absolute atomic E-state index is 13.6. The van der Waals surface area contributed by atoms with Gasteiger partial charge >= 0.3 is 12.0 Å². The number of amides is 2. The molecular weight excluding hydrogens is 494 g/mol. The number of hydrogen-bond acceptors (Lipinski definition) is 6. The number of benzene rings is 1. The van der Waals surface area contributed by atoms with E-state index in [1.54, 1.807) is 25.3 Å². The molecule has 2 amide bonds. The van der Waals surface area contributed by atoms with Crippen molar-refractivity contribution in [2.24, 2.45) is 11.8 Å². The number of methoxy groups -OCH3 is 2. The predicted octanol–water partition coefficient (Wildman–Crippen LogP) is 4.80. The fraction of sp³-hybridized carbons (Fsp3) is 0.742. The predicted molar refractivity (Wildman–Crippen MR) is 154 cm³/mol. The first kappa shape index (κ1) is 31.4. The summed E-state index contributed by atoms with van der Waals surface area (Å²) in [5, 5.41) is 15.6. The number of hydrogen-bond donors (Lipinski definition) is 2. The van der Waals surface area contributed by atoms with E-state index in [4.69, 9.17) is 9.47 Å². The topological polar surface area (TPSA) is 91.3 Å². The lowest BCUT2D eigenvalue weighted by Gasteiger charge is -2.43. The van der Waals surface area contributed by atoms with Crippen molar-refractivity contribution in [2.45, 2.75) is 82.3 Å². The van der Waals surface area contributed by atoms with Crippen molar-refractivity contribution in [1.29, 1.82) is 0 Å². The Morgan fingerprint density at radius 2 is 1.90 bits per heavy atom. The zero-order valence-electron chi connectivity index (χ0n) is 24.6. The van der Waals surface area contributed by atoms with Gasteiger partial charge < -0.3 is 29.7 Å². The highest BCUT2D eigenvalue weighted by atomic mass is 16.5. The zero-order valence-corrected chi connectivity index (χ0v) is 24.6. The monoisotopic (exact) mass is 545 g/mol. The number of urea groups is 1. The zero-order chi connectivity index (χ0) is 28.3. The number of carbonyl (C=O) groups excluding carboxylic acids is 2. The lowest BCUT2D eigenvalue weighted by atomic mass is 9.74. The highest BCUT2D eigenvalue weighted by Gasteiger charge is 2.41. The molecule has 1 aliphatic heterocycles. The van der Waals surface area contributed by atoms with Crippen molar-refractivity contribution < 1.29 is 24.2 Å². The SMILES string of the molecule is COCCCC[C@@](O)(c1cccc(C(=O)OC)c1)[C@@H]1CCCN(C(=O)N[C@@H](CC2CCCCC2)CN(C)C)C1. The van der Waals surface area contributed by atoms with Gasteiger partial charge in [-0.2, -0.15) is 0 Å². The third-order valence-corrected chi connectivity index (χ3v) is 8.58. The molecule has 0 radical (unpaired) electrons. The highest BCUT2D eigenvalue weighted by molar-refractivity contribution is 5.89. The van der Waals surface area contributed by atoms with Gasteiger partial charge in [-0.3, -0.25) is 0 Å². The van der Waals surface area contributed by atoms with E-state index in [2.05, 4.69) is 24.3 Å². The lowest BCUT2D eigenvalue weighted by Crippen LogP contribution is -2.54. The number of nitrogens with one attached hydrogen (secondary N) is 1. The first-order valence-electron chi connectivity index (χ1n) is 14.9. The van der Waals surface area contributed by atoms with Crippen LogP contribution in [0.4, 0.5) is 4.79 Å². The maximum Gasteiger partial charge on any atom is 0.337 e. The fourth-order valence-electron chi connectivity index (χ4n) is 6.52. The van der Waals surface area contributed by atoms with Gasteiger partial charge in [-0.1, -0.05) is 44.2 Å². The van der Waals surface area contributed by atoms with Crippen molar-refractivity contribution in [3.63, 3.8) is 0 Å². The molecule has 1 aliphatic carbocycles. The van der Waals surface area contributed by atoms with Gasteiger partial charge in [0.15, 0.2) is 0 Å². The molecule has 0 aromatic heterocycles. The molecule has 1 saturated carbocycles. The summed E-state index contributed by atoms with van der Waals surface area (Å²) in [4.78, 5) is 29.8. The minimum absolute atomic E-state index is 0.0348. The molecule has 1 aromatic carbocycles. The molecule has 3 rings (SSSR count). The van der Waals surface area contributed by atoms with Gasteiger partial charge in [-0.15, -0.1) is 0 Å². The van der Waals surface area contributed by atoms with Crippen molar-refractivity contribution >= 4 is 12.0 Å². The number of ether oxygens (including phenoxy) is 2. The summed E-state index contributed by atoms with van der Waals surface area (Å²) in [5.41, 5.74) is -0.0372. The molecule has 0 bridgehead atoms. The molecule has 0 unspecified atom stereocenters. The number of nitrogens with zero attached hydrogens (tertiary/aromatic N) is 2. The number of carbonyl (C=O) groups is 2. The molecule has 2 aliphatic rings. The third-order valence-electron chi connectivity index (χ3n) is 8.58. The standard InChI is InChI=1S/C31H51N3O5/c1-33(2)23-28(20-24-12-6-5-7-13-24)32-30(36)34-18-11-16-27(22-34)31(37,17-8-9-19-38-3)26-15-10-14-25(21-26)29(35)39-4/h10,14-15,21,24,27-28,37H,5-9,11-13,16-20,22-23H2,1-4H3,(H,32,36)/t27-,28+,31-/m1/s1. The minimum atomic E-state index is -1.16. The summed E-state index contributed by atoms with van der Waals surface area (Å²) in [6.45, 7) is 2.62. The van der Waals surface area contributed by atoms with Crippen LogP contribution in [-0.4, -0.2) is 87.5 Å². The minimum Gasteiger partial charge on any atom is -0.465 e. The van der Waals surface area contributed by atoms with Crippen LogP contribution < -0.4 is 5.32 Å². The van der Waals surface area contributed by atoms with Gasteiger partial charge in [0.1, 0.15) is 0 Å². The highest BCUT2D eigenvalue weighted by Crippen LogP contribution is 2.40. The molecule has 1 saturated heterocycles. The number of likely N-dealkylation sites (tertiary alicyclic amines) is 1. The Kier molecular flexibility index (Phi) is 12.5. The van der Waals surface area contributed by atoms with E-state index in [1.165, 1.54) is 39.2 Å². The average Bonchev–Trinajstić information content (AvgIpc) is 2.95. The van der Waals surface area contributed by atoms with Crippen LogP contribution in [0.3, 0.4) is 0 Å². The van der Waals surface area contributed by atoms with Crippen molar-refractivity contribution in [3.8, 4) is 0 Å². The van der Waals surface area contributed by atoms with Gasteiger partial charge in [-0.25, -0.2) is 9.59 Å². The Balaban J connectivity index is 1.75. The second kappa shape index (κ2) is 15.6. The van der Waals surface area contributed by atoms with E-state index >= 15 is 0 Å². The number of piperidine rings is 1. The Morgan fingerprint density at radius 3 is 2.59 bits per heavy atom. The molecule has 220 valence electrons. The van der Waals surface area contributed by atoms with E-state index in [0.717, 1.165) is 38.6 Å². The Bertz CT molecular complexity index is 904. The first-order valence-corrected chi connectivity index (χ1v) is 14.9. The van der Waals surface area contributed by atoms with Crippen molar-refractivity contribution in [2.75, 3.05) is 54.6 Å². The van der Waals surface area contributed by atoms with Gasteiger partial charge in [0.25, 0.3) is 0 Å². The van der Waals surface area contributed by atoms with Crippen molar-refractivity contribution in [1.82, 2.24) is 15.1 Å². The smallest absolute Gasteiger partial charge is 0.337 e. The summed E-state index contributed by atoms with van der Waals surface area (Å²) in [5.74, 6) is 0.114. The normalized spacial score (nSPS) is 20.9. The number of likely N-dealkylation sites (N-methyl/N-ethyl adjacent to an activating group) is 1. The molecule has 0 spiro atoms. The van der Waals surface area contributed by atoms with Crippen LogP contribution in [0.25, 0.3) is 0 Å². The van der Waals surface area contributed by atoms with E-state index < -0.39 is 11.6 Å². The average molecular weight is 546 g/mol. The van der Waals surface area contributed by atoms with E-state index in [-0.39, 0.29) is 18.0 Å². The van der Waals surface area contributed by atoms with E-state index in [9.17, 15) is 14.7 Å². The number of aliphatic hydroxyl groups is 1. The van der Waals surface area contributed by atoms with Crippen LogP contribution in [0, 0.1) is 11.8 Å². The molecule has 39 heavy (non-hydrogen) atoms.